The molecule has 1 saturated heterocycles. The third kappa shape index (κ3) is 7.70. The summed E-state index contributed by atoms with van der Waals surface area (Å²) < 4.78 is 29.8. The molecule has 1 aliphatic heterocycles. The van der Waals surface area contributed by atoms with Crippen LogP contribution in [0.1, 0.15) is 40.7 Å². The molecule has 0 atom stereocenters. The Balaban J connectivity index is 1.30. The Morgan fingerprint density at radius 2 is 1.55 bits per heavy atom. The molecule has 4 aromatic rings. The van der Waals surface area contributed by atoms with E-state index in [2.05, 4.69) is 32.7 Å². The van der Waals surface area contributed by atoms with Crippen molar-refractivity contribution >= 4 is 27.3 Å². The van der Waals surface area contributed by atoms with E-state index in [9.17, 15) is 13.7 Å². The number of anilines is 3. The lowest BCUT2D eigenvalue weighted by molar-refractivity contribution is 0.211. The van der Waals surface area contributed by atoms with Crippen molar-refractivity contribution in [2.24, 2.45) is 0 Å². The normalized spacial score (nSPS) is 13.9. The number of hydrogen-bond donors (Lipinski definition) is 2. The highest BCUT2D eigenvalue weighted by atomic mass is 32.2. The Hall–Kier alpha value is -4.97. The maximum Gasteiger partial charge on any atom is 0.232 e. The first kappa shape index (κ1) is 30.5. The first-order valence-corrected chi connectivity index (χ1v) is 16.1. The molecule has 3 aromatic carbocycles. The molecule has 44 heavy (non-hydrogen) atoms. The van der Waals surface area contributed by atoms with Gasteiger partial charge in [-0.1, -0.05) is 12.1 Å². The van der Waals surface area contributed by atoms with Crippen LogP contribution in [0.25, 0.3) is 0 Å². The van der Waals surface area contributed by atoms with E-state index in [4.69, 9.17) is 15.0 Å². The second-order valence-electron chi connectivity index (χ2n) is 11.0. The molecule has 0 aliphatic carbocycles. The largest absolute Gasteiger partial charge is 0.438 e. The van der Waals surface area contributed by atoms with Gasteiger partial charge in [0.25, 0.3) is 0 Å². The van der Waals surface area contributed by atoms with Gasteiger partial charge in [0.1, 0.15) is 11.6 Å². The second kappa shape index (κ2) is 13.1. The average molecular weight is 608 g/mol. The summed E-state index contributed by atoms with van der Waals surface area (Å²) in [6, 6.07) is 23.9. The molecule has 2 heterocycles. The Labute approximate surface area is 257 Å². The van der Waals surface area contributed by atoms with Crippen molar-refractivity contribution in [1.29, 1.82) is 10.5 Å². The maximum atomic E-state index is 11.8. The molecule has 1 aromatic heterocycles. The van der Waals surface area contributed by atoms with E-state index in [1.54, 1.807) is 54.6 Å². The summed E-state index contributed by atoms with van der Waals surface area (Å²) in [6.07, 6.45) is 3.01. The van der Waals surface area contributed by atoms with E-state index in [0.29, 0.717) is 39.4 Å². The molecule has 0 bridgehead atoms. The molecule has 0 saturated carbocycles. The van der Waals surface area contributed by atoms with Crippen molar-refractivity contribution in [3.8, 4) is 23.8 Å². The molecule has 5 rings (SSSR count). The number of rotatable bonds is 9. The van der Waals surface area contributed by atoms with E-state index < -0.39 is 9.84 Å². The summed E-state index contributed by atoms with van der Waals surface area (Å²) in [4.78, 5) is 12.0. The number of aryl methyl sites for hydroxylation is 2. The highest BCUT2D eigenvalue weighted by Gasteiger charge is 2.21. The molecular formula is C33H33N7O3S. The number of piperidine rings is 1. The predicted octanol–water partition coefficient (Wildman–Crippen LogP) is 5.85. The van der Waals surface area contributed by atoms with Crippen molar-refractivity contribution in [2.75, 3.05) is 30.0 Å². The maximum absolute atomic E-state index is 11.8. The number of sulfone groups is 1. The van der Waals surface area contributed by atoms with Crippen LogP contribution in [0.3, 0.4) is 0 Å². The highest BCUT2D eigenvalue weighted by molar-refractivity contribution is 7.90. The molecule has 10 nitrogen and oxygen atoms in total. The number of likely N-dealkylation sites (tertiary alicyclic amines) is 1. The van der Waals surface area contributed by atoms with Crippen LogP contribution in [-0.2, 0) is 16.4 Å². The van der Waals surface area contributed by atoms with Gasteiger partial charge in [-0.2, -0.15) is 20.5 Å². The van der Waals surface area contributed by atoms with Crippen LogP contribution in [0.4, 0.5) is 17.5 Å². The third-order valence-electron chi connectivity index (χ3n) is 7.47. The molecule has 1 aliphatic rings. The van der Waals surface area contributed by atoms with Gasteiger partial charge in [-0.3, -0.25) is 4.90 Å². The summed E-state index contributed by atoms with van der Waals surface area (Å²) in [5.41, 5.74) is 4.59. The predicted molar refractivity (Wildman–Crippen MR) is 169 cm³/mol. The quantitative estimate of drug-likeness (QED) is 0.238. The smallest absolute Gasteiger partial charge is 0.232 e. The van der Waals surface area contributed by atoms with Gasteiger partial charge < -0.3 is 15.4 Å². The standard InChI is InChI=1S/C33H33N7O3S/c1-22-16-26(20-35)17-23(2)32(22)43-31-18-30(38-33(39-31)37-27-8-4-24(19-34)5-9-27)36-28-12-14-40(15-13-28)21-25-6-10-29(11-7-25)44(3,41)42/h4-11,16-18,28H,12-15,21H2,1-3H3,(H2,36,37,38,39). The second-order valence-corrected chi connectivity index (χ2v) is 13.0. The molecule has 11 heteroatoms. The fourth-order valence-electron chi connectivity index (χ4n) is 5.19. The van der Waals surface area contributed by atoms with Crippen LogP contribution in [-0.4, -0.2) is 48.7 Å². The minimum absolute atomic E-state index is 0.183. The first-order valence-electron chi connectivity index (χ1n) is 14.2. The van der Waals surface area contributed by atoms with E-state index >= 15 is 0 Å². The van der Waals surface area contributed by atoms with Crippen LogP contribution < -0.4 is 15.4 Å². The summed E-state index contributed by atoms with van der Waals surface area (Å²) >= 11 is 0. The van der Waals surface area contributed by atoms with Crippen molar-refractivity contribution in [3.05, 3.63) is 94.5 Å². The molecule has 0 radical (unpaired) electrons. The van der Waals surface area contributed by atoms with Crippen molar-refractivity contribution < 1.29 is 13.2 Å². The van der Waals surface area contributed by atoms with Crippen LogP contribution in [0.5, 0.6) is 11.6 Å². The monoisotopic (exact) mass is 607 g/mol. The number of hydrogen-bond acceptors (Lipinski definition) is 10. The Kier molecular flexibility index (Phi) is 9.09. The zero-order chi connectivity index (χ0) is 31.3. The SMILES string of the molecule is Cc1cc(C#N)cc(C)c1Oc1cc(NC2CCN(Cc3ccc(S(C)(=O)=O)cc3)CC2)nc(Nc2ccc(C#N)cc2)n1. The molecule has 224 valence electrons. The number of ether oxygens (including phenoxy) is 1. The van der Waals surface area contributed by atoms with Crippen LogP contribution in [0.2, 0.25) is 0 Å². The Morgan fingerprint density at radius 3 is 2.14 bits per heavy atom. The van der Waals surface area contributed by atoms with Crippen LogP contribution in [0, 0.1) is 36.5 Å². The summed E-state index contributed by atoms with van der Waals surface area (Å²) in [7, 11) is -3.21. The third-order valence-corrected chi connectivity index (χ3v) is 8.59. The fourth-order valence-corrected chi connectivity index (χ4v) is 5.82. The number of nitrogens with zero attached hydrogens (tertiary/aromatic N) is 5. The van der Waals surface area contributed by atoms with Gasteiger partial charge in [-0.15, -0.1) is 0 Å². The fraction of sp³-hybridized carbons (Fsp3) is 0.273. The highest BCUT2D eigenvalue weighted by Crippen LogP contribution is 2.31. The molecule has 0 unspecified atom stereocenters. The van der Waals surface area contributed by atoms with E-state index in [-0.39, 0.29) is 6.04 Å². The van der Waals surface area contributed by atoms with Gasteiger partial charge in [0.05, 0.1) is 28.2 Å². The van der Waals surface area contributed by atoms with Crippen LogP contribution in [0.15, 0.2) is 71.6 Å². The molecule has 0 spiro atoms. The summed E-state index contributed by atoms with van der Waals surface area (Å²) in [5, 5.41) is 25.2. The summed E-state index contributed by atoms with van der Waals surface area (Å²) in [5.74, 6) is 1.94. The Bertz CT molecular complexity index is 1810. The van der Waals surface area contributed by atoms with E-state index in [0.717, 1.165) is 54.9 Å². The number of nitriles is 2. The van der Waals surface area contributed by atoms with Gasteiger partial charge in [0.15, 0.2) is 9.84 Å². The molecule has 1 fully saturated rings. The van der Waals surface area contributed by atoms with Gasteiger partial charge in [-0.05, 0) is 91.9 Å². The minimum Gasteiger partial charge on any atom is -0.438 e. The number of nitrogens with one attached hydrogen (secondary N) is 2. The van der Waals surface area contributed by atoms with Crippen LogP contribution >= 0.6 is 0 Å². The Morgan fingerprint density at radius 1 is 0.909 bits per heavy atom. The van der Waals surface area contributed by atoms with Gasteiger partial charge in [0.2, 0.25) is 11.8 Å². The summed E-state index contributed by atoms with van der Waals surface area (Å²) in [6.45, 7) is 6.30. The number of aromatic nitrogens is 2. The average Bonchev–Trinajstić information content (AvgIpc) is 3.00. The molecule has 2 N–H and O–H groups in total. The van der Waals surface area contributed by atoms with Crippen molar-refractivity contribution in [3.63, 3.8) is 0 Å². The molecule has 0 amide bonds. The minimum atomic E-state index is -3.21. The lowest BCUT2D eigenvalue weighted by Crippen LogP contribution is -2.38. The molecular weight excluding hydrogens is 574 g/mol. The van der Waals surface area contributed by atoms with Crippen molar-refractivity contribution in [1.82, 2.24) is 14.9 Å². The van der Waals surface area contributed by atoms with E-state index in [1.165, 1.54) is 6.26 Å². The zero-order valence-corrected chi connectivity index (χ0v) is 25.6. The van der Waals surface area contributed by atoms with E-state index in [1.807, 2.05) is 26.0 Å². The number of benzene rings is 3. The van der Waals surface area contributed by atoms with Gasteiger partial charge in [-0.25, -0.2) is 8.42 Å². The lowest BCUT2D eigenvalue weighted by Gasteiger charge is -2.32. The topological polar surface area (TPSA) is 144 Å². The van der Waals surface area contributed by atoms with Gasteiger partial charge >= 0.3 is 0 Å². The zero-order valence-electron chi connectivity index (χ0n) is 24.8. The lowest BCUT2D eigenvalue weighted by atomic mass is 10.0. The van der Waals surface area contributed by atoms with Gasteiger partial charge in [0, 0.05) is 43.7 Å². The first-order chi connectivity index (χ1) is 21.1. The van der Waals surface area contributed by atoms with Crippen molar-refractivity contribution in [2.45, 2.75) is 44.2 Å².